The normalized spacial score (nSPS) is 13.0. The van der Waals surface area contributed by atoms with Crippen LogP contribution in [0.5, 0.6) is 0 Å². The molecule has 0 bridgehead atoms. The molecular formula is C20H19N5. The Morgan fingerprint density at radius 1 is 1.04 bits per heavy atom. The van der Waals surface area contributed by atoms with E-state index in [1.807, 2.05) is 54.0 Å². The molecule has 1 heterocycles. The van der Waals surface area contributed by atoms with Crippen molar-refractivity contribution < 1.29 is 0 Å². The first-order valence-corrected chi connectivity index (χ1v) is 8.20. The molecule has 1 aromatic heterocycles. The van der Waals surface area contributed by atoms with Gasteiger partial charge in [-0.1, -0.05) is 42.5 Å². The summed E-state index contributed by atoms with van der Waals surface area (Å²) in [4.78, 5) is 4.73. The van der Waals surface area contributed by atoms with Gasteiger partial charge in [-0.05, 0) is 19.8 Å². The van der Waals surface area contributed by atoms with Gasteiger partial charge in [0.05, 0.1) is 28.9 Å². The predicted molar refractivity (Wildman–Crippen MR) is 95.9 cm³/mol. The molecule has 0 N–H and O–H groups in total. The van der Waals surface area contributed by atoms with Crippen LogP contribution in [0.4, 0.5) is 0 Å². The van der Waals surface area contributed by atoms with E-state index in [4.69, 9.17) is 15.5 Å². The molecule has 0 aliphatic heterocycles. The molecule has 0 radical (unpaired) electrons. The fraction of sp³-hybridized carbons (Fsp3) is 0.300. The van der Waals surface area contributed by atoms with Crippen LogP contribution in [-0.2, 0) is 0 Å². The van der Waals surface area contributed by atoms with Crippen LogP contribution in [0.25, 0.3) is 23.5 Å². The van der Waals surface area contributed by atoms with Crippen molar-refractivity contribution in [1.29, 1.82) is 15.8 Å². The fourth-order valence-corrected chi connectivity index (χ4v) is 2.60. The van der Waals surface area contributed by atoms with Crippen LogP contribution in [0.2, 0.25) is 0 Å². The molecule has 0 saturated heterocycles. The molecule has 0 amide bonds. The summed E-state index contributed by atoms with van der Waals surface area (Å²) in [5.74, 6) is 0.723. The van der Waals surface area contributed by atoms with Crippen molar-refractivity contribution >= 4 is 12.2 Å². The van der Waals surface area contributed by atoms with Gasteiger partial charge in [-0.2, -0.15) is 15.8 Å². The molecule has 2 rings (SSSR count). The lowest BCUT2D eigenvalue weighted by Crippen LogP contribution is -2.31. The number of benzene rings is 1. The summed E-state index contributed by atoms with van der Waals surface area (Å²) < 4.78 is 1.91. The Morgan fingerprint density at radius 2 is 1.68 bits per heavy atom. The molecule has 0 aliphatic carbocycles. The van der Waals surface area contributed by atoms with Crippen molar-refractivity contribution in [2.24, 2.45) is 0 Å². The smallest absolute Gasteiger partial charge is 0.142 e. The molecule has 1 unspecified atom stereocenters. The average Bonchev–Trinajstić information content (AvgIpc) is 3.01. The summed E-state index contributed by atoms with van der Waals surface area (Å²) in [5.41, 5.74) is 0.930. The largest absolute Gasteiger partial charge is 0.308 e. The van der Waals surface area contributed by atoms with E-state index in [0.29, 0.717) is 25.7 Å². The van der Waals surface area contributed by atoms with Crippen LogP contribution in [0.15, 0.2) is 30.3 Å². The van der Waals surface area contributed by atoms with Gasteiger partial charge in [-0.25, -0.2) is 4.98 Å². The molecular weight excluding hydrogens is 310 g/mol. The second-order valence-corrected chi connectivity index (χ2v) is 5.55. The quantitative estimate of drug-likeness (QED) is 0.762. The second-order valence-electron chi connectivity index (χ2n) is 5.55. The van der Waals surface area contributed by atoms with E-state index in [1.54, 1.807) is 0 Å². The Kier molecular flexibility index (Phi) is 6.52. The number of nitrogens with zero attached hydrogens (tertiary/aromatic N) is 5. The van der Waals surface area contributed by atoms with Crippen LogP contribution in [0, 0.1) is 34.0 Å². The fourth-order valence-electron chi connectivity index (χ4n) is 2.60. The van der Waals surface area contributed by atoms with Gasteiger partial charge < -0.3 is 4.57 Å². The predicted octanol–water partition coefficient (Wildman–Crippen LogP) is 2.80. The topological polar surface area (TPSA) is 89.2 Å². The van der Waals surface area contributed by atoms with Crippen molar-refractivity contribution in [3.05, 3.63) is 41.0 Å². The number of aromatic nitrogens is 2. The van der Waals surface area contributed by atoms with Gasteiger partial charge in [0.25, 0.3) is 0 Å². The summed E-state index contributed by atoms with van der Waals surface area (Å²) in [6.07, 6.45) is 5.89. The molecule has 124 valence electrons. The standard InChI is InChI=1S/C20H19N5/c1-16(15-23)25-19(12-6-8-14-22)18(11-5-7-13-21)24-20(25)17-9-3-2-4-10-17/h2-4,9-12,16H,5-8H2,1H3. The van der Waals surface area contributed by atoms with E-state index in [9.17, 15) is 5.26 Å². The summed E-state index contributed by atoms with van der Waals surface area (Å²) in [5, 5.41) is 28.6. The minimum atomic E-state index is -0.394. The van der Waals surface area contributed by atoms with Crippen molar-refractivity contribution in [1.82, 2.24) is 9.55 Å². The summed E-state index contributed by atoms with van der Waals surface area (Å²) in [7, 11) is 0. The first kappa shape index (κ1) is 18.0. The number of imidazole rings is 1. The summed E-state index contributed by atoms with van der Waals surface area (Å²) >= 11 is 0. The molecule has 0 spiro atoms. The minimum Gasteiger partial charge on any atom is -0.308 e. The van der Waals surface area contributed by atoms with Crippen LogP contribution < -0.4 is 10.7 Å². The maximum absolute atomic E-state index is 9.46. The van der Waals surface area contributed by atoms with Gasteiger partial charge in [0.2, 0.25) is 0 Å². The molecule has 0 fully saturated rings. The first-order valence-electron chi connectivity index (χ1n) is 8.20. The molecule has 2 aromatic rings. The number of hydrogen-bond acceptors (Lipinski definition) is 4. The molecule has 5 nitrogen and oxygen atoms in total. The van der Waals surface area contributed by atoms with Crippen LogP contribution in [0.3, 0.4) is 0 Å². The summed E-state index contributed by atoms with van der Waals surface area (Å²) in [6.45, 7) is 1.83. The molecule has 1 aromatic carbocycles. The van der Waals surface area contributed by atoms with Gasteiger partial charge in [-0.15, -0.1) is 0 Å². The minimum absolute atomic E-state index is 0.394. The monoisotopic (exact) mass is 329 g/mol. The molecule has 1 atom stereocenters. The highest BCUT2D eigenvalue weighted by Crippen LogP contribution is 2.17. The second kappa shape index (κ2) is 9.06. The van der Waals surface area contributed by atoms with E-state index >= 15 is 0 Å². The van der Waals surface area contributed by atoms with E-state index in [1.165, 1.54) is 0 Å². The number of unbranched alkanes of at least 4 members (excludes halogenated alkanes) is 2. The lowest BCUT2D eigenvalue weighted by atomic mass is 10.2. The van der Waals surface area contributed by atoms with Crippen LogP contribution in [-0.4, -0.2) is 9.55 Å². The van der Waals surface area contributed by atoms with E-state index in [2.05, 4.69) is 18.2 Å². The Hall–Kier alpha value is -3.36. The average molecular weight is 329 g/mol. The van der Waals surface area contributed by atoms with Crippen molar-refractivity contribution in [3.8, 4) is 29.6 Å². The third-order valence-electron chi connectivity index (χ3n) is 3.77. The van der Waals surface area contributed by atoms with E-state index in [-0.39, 0.29) is 0 Å². The number of hydrogen-bond donors (Lipinski definition) is 0. The van der Waals surface area contributed by atoms with E-state index < -0.39 is 6.04 Å². The molecule has 25 heavy (non-hydrogen) atoms. The maximum atomic E-state index is 9.46. The van der Waals surface area contributed by atoms with Gasteiger partial charge in [-0.3, -0.25) is 0 Å². The molecule has 0 aliphatic rings. The maximum Gasteiger partial charge on any atom is 0.142 e. The van der Waals surface area contributed by atoms with Crippen molar-refractivity contribution in [2.45, 2.75) is 38.6 Å². The zero-order chi connectivity index (χ0) is 18.1. The molecule has 0 saturated carbocycles. The Balaban J connectivity index is 2.72. The van der Waals surface area contributed by atoms with Crippen LogP contribution in [0.1, 0.15) is 38.6 Å². The van der Waals surface area contributed by atoms with Gasteiger partial charge in [0.1, 0.15) is 11.9 Å². The van der Waals surface area contributed by atoms with Gasteiger partial charge >= 0.3 is 0 Å². The Bertz CT molecular complexity index is 949. The lowest BCUT2D eigenvalue weighted by Gasteiger charge is -2.10. The Morgan fingerprint density at radius 3 is 2.28 bits per heavy atom. The third-order valence-corrected chi connectivity index (χ3v) is 3.77. The van der Waals surface area contributed by atoms with Crippen LogP contribution >= 0.6 is 0 Å². The first-order chi connectivity index (χ1) is 12.2. The number of nitriles is 3. The highest BCUT2D eigenvalue weighted by Gasteiger charge is 2.14. The molecule has 5 heteroatoms. The van der Waals surface area contributed by atoms with E-state index in [0.717, 1.165) is 22.1 Å². The van der Waals surface area contributed by atoms with Crippen molar-refractivity contribution in [2.75, 3.05) is 0 Å². The zero-order valence-corrected chi connectivity index (χ0v) is 14.2. The zero-order valence-electron chi connectivity index (χ0n) is 14.2. The van der Waals surface area contributed by atoms with Crippen molar-refractivity contribution in [3.63, 3.8) is 0 Å². The lowest BCUT2D eigenvalue weighted by molar-refractivity contribution is 0.661. The highest BCUT2D eigenvalue weighted by atomic mass is 15.1. The highest BCUT2D eigenvalue weighted by molar-refractivity contribution is 5.56. The third kappa shape index (κ3) is 4.34. The summed E-state index contributed by atoms with van der Waals surface area (Å²) in [6, 6.07) is 15.9. The SMILES string of the molecule is CC(C#N)n1c(-c2ccccc2)nc(=CCCC#N)c1=CCCC#N. The number of rotatable bonds is 6. The Labute approximate surface area is 147 Å². The van der Waals surface area contributed by atoms with Gasteiger partial charge in [0, 0.05) is 18.4 Å². The van der Waals surface area contributed by atoms with Gasteiger partial charge in [0.15, 0.2) is 0 Å².